The first-order valence-electron chi connectivity index (χ1n) is 7.95. The predicted octanol–water partition coefficient (Wildman–Crippen LogP) is 4.00. The molecule has 0 aliphatic heterocycles. The Morgan fingerprint density at radius 3 is 2.50 bits per heavy atom. The Kier molecular flexibility index (Phi) is 13.5. The molecule has 1 N–H and O–H groups in total. The van der Waals surface area contributed by atoms with Gasteiger partial charge in [0, 0.05) is 13.3 Å². The molecular formula is C20H24O4. The molecule has 24 heavy (non-hydrogen) atoms. The van der Waals surface area contributed by atoms with E-state index >= 15 is 0 Å². The molecule has 0 aliphatic rings. The van der Waals surface area contributed by atoms with Crippen molar-refractivity contribution in [3.8, 4) is 23.7 Å². The molecule has 0 rings (SSSR count). The van der Waals surface area contributed by atoms with E-state index in [2.05, 4.69) is 54.9 Å². The number of ether oxygens (including phenoxy) is 1. The summed E-state index contributed by atoms with van der Waals surface area (Å²) in [7, 11) is 0. The van der Waals surface area contributed by atoms with E-state index in [4.69, 9.17) is 9.84 Å². The fourth-order valence-corrected chi connectivity index (χ4v) is 1.51. The number of hydrogen-bond acceptors (Lipinski definition) is 3. The first-order valence-corrected chi connectivity index (χ1v) is 7.95. The lowest BCUT2D eigenvalue weighted by Gasteiger charge is -1.98. The third-order valence-electron chi connectivity index (χ3n) is 2.56. The lowest BCUT2D eigenvalue weighted by molar-refractivity contribution is -0.137. The van der Waals surface area contributed by atoms with E-state index in [-0.39, 0.29) is 18.6 Å². The lowest BCUT2D eigenvalue weighted by Crippen LogP contribution is -1.97. The third-order valence-corrected chi connectivity index (χ3v) is 2.56. The summed E-state index contributed by atoms with van der Waals surface area (Å²) in [5.74, 6) is 9.36. The number of aliphatic carboxylic acids is 1. The number of unbranched alkanes of at least 4 members (excludes halogenated alkanes) is 1. The molecule has 0 aliphatic carbocycles. The second-order valence-electron chi connectivity index (χ2n) is 4.77. The molecule has 0 saturated heterocycles. The van der Waals surface area contributed by atoms with E-state index in [9.17, 15) is 9.59 Å². The summed E-state index contributed by atoms with van der Waals surface area (Å²) in [5, 5.41) is 8.48. The molecule has 0 aromatic rings. The second-order valence-corrected chi connectivity index (χ2v) is 4.77. The van der Waals surface area contributed by atoms with Crippen LogP contribution in [0.15, 0.2) is 36.1 Å². The smallest absolute Gasteiger partial charge is 0.308 e. The molecule has 0 radical (unpaired) electrons. The van der Waals surface area contributed by atoms with E-state index in [0.29, 0.717) is 6.42 Å². The van der Waals surface area contributed by atoms with Gasteiger partial charge in [-0.05, 0) is 49.5 Å². The van der Waals surface area contributed by atoms with Crippen LogP contribution in [0.25, 0.3) is 0 Å². The van der Waals surface area contributed by atoms with Gasteiger partial charge in [0.1, 0.15) is 0 Å². The zero-order valence-corrected chi connectivity index (χ0v) is 14.3. The summed E-state index contributed by atoms with van der Waals surface area (Å²) in [6.07, 6.45) is 13.9. The van der Waals surface area contributed by atoms with Crippen molar-refractivity contribution in [3.63, 3.8) is 0 Å². The quantitative estimate of drug-likeness (QED) is 0.228. The monoisotopic (exact) mass is 328 g/mol. The molecule has 0 fully saturated rings. The fourth-order valence-electron chi connectivity index (χ4n) is 1.51. The third kappa shape index (κ3) is 15.7. The van der Waals surface area contributed by atoms with Gasteiger partial charge < -0.3 is 9.84 Å². The van der Waals surface area contributed by atoms with Crippen LogP contribution in [0, 0.1) is 23.7 Å². The molecule has 4 nitrogen and oxygen atoms in total. The minimum absolute atomic E-state index is 0.0128. The number of carboxylic acids is 1. The Labute approximate surface area is 144 Å². The molecule has 0 spiro atoms. The molecular weight excluding hydrogens is 304 g/mol. The molecule has 0 atom stereocenters. The maximum Gasteiger partial charge on any atom is 0.308 e. The van der Waals surface area contributed by atoms with Crippen LogP contribution in [0.2, 0.25) is 0 Å². The number of carbonyl (C=O) groups excluding carboxylic acids is 1. The molecule has 0 unspecified atom stereocenters. The standard InChI is InChI=1S/C20H24O4/c1-3-4-5-6-7-8-9-12-15-19(24-18(2)21)16-13-10-11-14-17-20(22)23/h4-5,7-8,15H,3,6,9,12,14,17H2,1-2H3,(H,22,23)/b5-4-,8-7-,19-15+. The second kappa shape index (κ2) is 15.2. The van der Waals surface area contributed by atoms with Crippen LogP contribution in [0.5, 0.6) is 0 Å². The van der Waals surface area contributed by atoms with E-state index < -0.39 is 11.9 Å². The van der Waals surface area contributed by atoms with Crippen molar-refractivity contribution in [2.24, 2.45) is 0 Å². The maximum absolute atomic E-state index is 11.0. The summed E-state index contributed by atoms with van der Waals surface area (Å²) < 4.78 is 5.01. The zero-order valence-electron chi connectivity index (χ0n) is 14.3. The summed E-state index contributed by atoms with van der Waals surface area (Å²) in [6.45, 7) is 3.41. The molecule has 0 aromatic heterocycles. The number of hydrogen-bond donors (Lipinski definition) is 1. The summed E-state index contributed by atoms with van der Waals surface area (Å²) >= 11 is 0. The Morgan fingerprint density at radius 1 is 1.08 bits per heavy atom. The maximum atomic E-state index is 11.0. The van der Waals surface area contributed by atoms with Crippen molar-refractivity contribution in [3.05, 3.63) is 36.1 Å². The first kappa shape index (κ1) is 21.3. The lowest BCUT2D eigenvalue weighted by atomic mass is 10.2. The Morgan fingerprint density at radius 2 is 1.83 bits per heavy atom. The number of carboxylic acid groups (broad SMARTS) is 1. The molecule has 0 heterocycles. The van der Waals surface area contributed by atoms with Crippen molar-refractivity contribution >= 4 is 11.9 Å². The zero-order chi connectivity index (χ0) is 18.0. The van der Waals surface area contributed by atoms with E-state index in [1.807, 2.05) is 0 Å². The molecule has 4 heteroatoms. The van der Waals surface area contributed by atoms with Gasteiger partial charge in [-0.1, -0.05) is 37.1 Å². The number of esters is 1. The van der Waals surface area contributed by atoms with Crippen molar-refractivity contribution in [1.82, 2.24) is 0 Å². The van der Waals surface area contributed by atoms with Gasteiger partial charge in [-0.3, -0.25) is 9.59 Å². The minimum Gasteiger partial charge on any atom is -0.481 e. The largest absolute Gasteiger partial charge is 0.481 e. The summed E-state index contributed by atoms with van der Waals surface area (Å²) in [5.41, 5.74) is 0. The first-order chi connectivity index (χ1) is 11.6. The van der Waals surface area contributed by atoms with Gasteiger partial charge in [0.2, 0.25) is 0 Å². The van der Waals surface area contributed by atoms with E-state index in [1.54, 1.807) is 6.08 Å². The minimum atomic E-state index is -0.893. The predicted molar refractivity (Wildman–Crippen MR) is 94.7 cm³/mol. The topological polar surface area (TPSA) is 63.6 Å². The highest BCUT2D eigenvalue weighted by atomic mass is 16.5. The van der Waals surface area contributed by atoms with Gasteiger partial charge in [-0.15, -0.1) is 0 Å². The van der Waals surface area contributed by atoms with E-state index in [0.717, 1.165) is 19.3 Å². The van der Waals surface area contributed by atoms with Crippen LogP contribution in [0.1, 0.15) is 52.4 Å². The van der Waals surface area contributed by atoms with Gasteiger partial charge >= 0.3 is 11.9 Å². The van der Waals surface area contributed by atoms with Crippen LogP contribution in [-0.4, -0.2) is 17.0 Å². The van der Waals surface area contributed by atoms with Crippen LogP contribution in [0.4, 0.5) is 0 Å². The van der Waals surface area contributed by atoms with E-state index in [1.165, 1.54) is 6.92 Å². The molecule has 0 saturated carbocycles. The van der Waals surface area contributed by atoms with Crippen LogP contribution in [-0.2, 0) is 14.3 Å². The van der Waals surface area contributed by atoms with Crippen molar-refractivity contribution in [2.75, 3.05) is 0 Å². The average molecular weight is 328 g/mol. The van der Waals surface area contributed by atoms with Gasteiger partial charge in [0.05, 0.1) is 6.42 Å². The Balaban J connectivity index is 4.42. The van der Waals surface area contributed by atoms with Crippen LogP contribution < -0.4 is 0 Å². The highest BCUT2D eigenvalue weighted by molar-refractivity contribution is 5.68. The van der Waals surface area contributed by atoms with Gasteiger partial charge in [0.15, 0.2) is 5.76 Å². The van der Waals surface area contributed by atoms with Crippen molar-refractivity contribution < 1.29 is 19.4 Å². The van der Waals surface area contributed by atoms with Gasteiger partial charge in [-0.25, -0.2) is 0 Å². The molecule has 0 bridgehead atoms. The number of allylic oxidation sites excluding steroid dienone is 6. The normalized spacial score (nSPS) is 10.8. The Hall–Kier alpha value is -2.72. The Bertz CT molecular complexity index is 601. The fraction of sp³-hybridized carbons (Fsp3) is 0.400. The van der Waals surface area contributed by atoms with Crippen LogP contribution in [0.3, 0.4) is 0 Å². The molecule has 0 amide bonds. The highest BCUT2D eigenvalue weighted by Crippen LogP contribution is 2.02. The van der Waals surface area contributed by atoms with Crippen LogP contribution >= 0.6 is 0 Å². The molecule has 128 valence electrons. The average Bonchev–Trinajstić information content (AvgIpc) is 2.52. The number of rotatable bonds is 9. The van der Waals surface area contributed by atoms with Crippen molar-refractivity contribution in [2.45, 2.75) is 52.4 Å². The van der Waals surface area contributed by atoms with Crippen molar-refractivity contribution in [1.29, 1.82) is 0 Å². The summed E-state index contributed by atoms with van der Waals surface area (Å²) in [6, 6.07) is 0. The van der Waals surface area contributed by atoms with Gasteiger partial charge in [-0.2, -0.15) is 0 Å². The van der Waals surface area contributed by atoms with Gasteiger partial charge in [0.25, 0.3) is 0 Å². The summed E-state index contributed by atoms with van der Waals surface area (Å²) in [4.78, 5) is 21.4. The molecule has 0 aromatic carbocycles. The highest BCUT2D eigenvalue weighted by Gasteiger charge is 1.97. The number of carbonyl (C=O) groups is 2. The SMILES string of the molecule is CC/C=C\C/C=C\CC/C=C(\C#CC#CCCC(=O)O)OC(C)=O.